The second-order valence-corrected chi connectivity index (χ2v) is 9.38. The van der Waals surface area contributed by atoms with E-state index in [0.717, 1.165) is 29.3 Å². The average Bonchev–Trinajstić information content (AvgIpc) is 2.91. The molecule has 0 aliphatic rings. The number of aromatic nitrogens is 2. The van der Waals surface area contributed by atoms with Crippen LogP contribution in [0.3, 0.4) is 0 Å². The first-order valence-corrected chi connectivity index (χ1v) is 12.6. The standard InChI is InChI=1S/C28H26ClFN4O5/c1-3-13-31-17-9-12-23-19(15-17)26(36)34(28(39)33(23)2)18-10-7-16(8-11-18)14-22(27(37)38)32-25(35)24-20(29)5-4-6-21(24)30/h4-12,15,22,31H,3,13-14H2,1-2H3,(H,32,35)(H,37,38)/t22-/m0/s1. The molecule has 1 heterocycles. The van der Waals surface area contributed by atoms with Crippen LogP contribution in [0.4, 0.5) is 10.1 Å². The molecule has 0 aliphatic carbocycles. The van der Waals surface area contributed by atoms with Gasteiger partial charge in [0.15, 0.2) is 0 Å². The normalized spacial score (nSPS) is 11.8. The highest BCUT2D eigenvalue weighted by Gasteiger charge is 2.24. The highest BCUT2D eigenvalue weighted by molar-refractivity contribution is 6.33. The van der Waals surface area contributed by atoms with E-state index in [9.17, 15) is 28.7 Å². The van der Waals surface area contributed by atoms with Crippen LogP contribution in [0.15, 0.2) is 70.3 Å². The fourth-order valence-corrected chi connectivity index (χ4v) is 4.48. The molecule has 0 unspecified atom stereocenters. The first-order chi connectivity index (χ1) is 18.6. The van der Waals surface area contributed by atoms with Crippen LogP contribution in [0.2, 0.25) is 5.02 Å². The number of aryl methyl sites for hydroxylation is 1. The van der Waals surface area contributed by atoms with Gasteiger partial charge in [0.05, 0.1) is 27.2 Å². The minimum Gasteiger partial charge on any atom is -0.480 e. The van der Waals surface area contributed by atoms with E-state index in [0.29, 0.717) is 22.2 Å². The van der Waals surface area contributed by atoms with E-state index < -0.39 is 40.5 Å². The number of carboxylic acids is 1. The SMILES string of the molecule is CCCNc1ccc2c(c1)c(=O)n(-c1ccc(C[C@H](NC(=O)c3c(F)cccc3Cl)C(=O)O)cc1)c(=O)n2C. The lowest BCUT2D eigenvalue weighted by Gasteiger charge is -2.16. The van der Waals surface area contributed by atoms with Crippen molar-refractivity contribution in [2.75, 3.05) is 11.9 Å². The third-order valence-corrected chi connectivity index (χ3v) is 6.59. The second-order valence-electron chi connectivity index (χ2n) is 8.97. The van der Waals surface area contributed by atoms with Crippen molar-refractivity contribution in [2.24, 2.45) is 7.05 Å². The van der Waals surface area contributed by atoms with Crippen LogP contribution in [0.25, 0.3) is 16.6 Å². The van der Waals surface area contributed by atoms with Gasteiger partial charge in [-0.15, -0.1) is 0 Å². The summed E-state index contributed by atoms with van der Waals surface area (Å²) >= 11 is 5.92. The van der Waals surface area contributed by atoms with Crippen LogP contribution in [-0.2, 0) is 18.3 Å². The predicted octanol–water partition coefficient (Wildman–Crippen LogP) is 3.73. The molecule has 202 valence electrons. The summed E-state index contributed by atoms with van der Waals surface area (Å²) in [6.07, 6.45) is 0.774. The van der Waals surface area contributed by atoms with E-state index in [1.807, 2.05) is 13.0 Å². The molecule has 0 bridgehead atoms. The lowest BCUT2D eigenvalue weighted by molar-refractivity contribution is -0.139. The molecule has 1 amide bonds. The van der Waals surface area contributed by atoms with Crippen molar-refractivity contribution in [1.29, 1.82) is 0 Å². The van der Waals surface area contributed by atoms with E-state index in [2.05, 4.69) is 10.6 Å². The molecule has 1 aromatic heterocycles. The predicted molar refractivity (Wildman–Crippen MR) is 148 cm³/mol. The maximum atomic E-state index is 14.1. The van der Waals surface area contributed by atoms with Crippen molar-refractivity contribution in [2.45, 2.75) is 25.8 Å². The molecular weight excluding hydrogens is 527 g/mol. The molecule has 0 aliphatic heterocycles. The van der Waals surface area contributed by atoms with Crippen molar-refractivity contribution in [3.8, 4) is 5.69 Å². The molecule has 39 heavy (non-hydrogen) atoms. The number of carboxylic acid groups (broad SMARTS) is 1. The number of aliphatic carboxylic acids is 1. The summed E-state index contributed by atoms with van der Waals surface area (Å²) in [4.78, 5) is 50.8. The van der Waals surface area contributed by atoms with Gasteiger partial charge in [0.1, 0.15) is 11.9 Å². The maximum absolute atomic E-state index is 14.1. The van der Waals surface area contributed by atoms with Gasteiger partial charge < -0.3 is 15.7 Å². The molecular formula is C28H26ClFN4O5. The zero-order valence-electron chi connectivity index (χ0n) is 21.2. The second kappa shape index (κ2) is 11.5. The lowest BCUT2D eigenvalue weighted by Crippen LogP contribution is -2.42. The number of fused-ring (bicyclic) bond motifs is 1. The first kappa shape index (κ1) is 27.6. The van der Waals surface area contributed by atoms with Gasteiger partial charge in [0.2, 0.25) is 0 Å². The Kier molecular flexibility index (Phi) is 8.15. The molecule has 0 fully saturated rings. The van der Waals surface area contributed by atoms with Crippen LogP contribution < -0.4 is 21.9 Å². The summed E-state index contributed by atoms with van der Waals surface area (Å²) in [5.41, 5.74) is 0.594. The van der Waals surface area contributed by atoms with Gasteiger partial charge in [-0.2, -0.15) is 0 Å². The fraction of sp³-hybridized carbons (Fsp3) is 0.214. The summed E-state index contributed by atoms with van der Waals surface area (Å²) in [5.74, 6) is -3.16. The largest absolute Gasteiger partial charge is 0.480 e. The molecule has 0 saturated heterocycles. The summed E-state index contributed by atoms with van der Waals surface area (Å²) in [7, 11) is 1.58. The number of benzene rings is 3. The summed E-state index contributed by atoms with van der Waals surface area (Å²) < 4.78 is 16.5. The van der Waals surface area contributed by atoms with Crippen LogP contribution >= 0.6 is 11.6 Å². The molecule has 11 heteroatoms. The van der Waals surface area contributed by atoms with Crippen LogP contribution in [0, 0.1) is 5.82 Å². The van der Waals surface area contributed by atoms with Crippen molar-refractivity contribution in [3.05, 3.63) is 103 Å². The van der Waals surface area contributed by atoms with Gasteiger partial charge in [-0.05, 0) is 54.4 Å². The van der Waals surface area contributed by atoms with Crippen molar-refractivity contribution in [3.63, 3.8) is 0 Å². The maximum Gasteiger partial charge on any atom is 0.335 e. The van der Waals surface area contributed by atoms with E-state index in [1.165, 1.54) is 28.8 Å². The van der Waals surface area contributed by atoms with Gasteiger partial charge >= 0.3 is 11.7 Å². The Morgan fingerprint density at radius 1 is 1.08 bits per heavy atom. The molecule has 3 N–H and O–H groups in total. The first-order valence-electron chi connectivity index (χ1n) is 12.2. The number of rotatable bonds is 9. The van der Waals surface area contributed by atoms with Crippen LogP contribution in [0.1, 0.15) is 29.3 Å². The van der Waals surface area contributed by atoms with Gasteiger partial charge in [0.25, 0.3) is 11.5 Å². The van der Waals surface area contributed by atoms with Crippen molar-refractivity contribution < 1.29 is 19.1 Å². The average molecular weight is 553 g/mol. The number of nitrogens with one attached hydrogen (secondary N) is 2. The zero-order chi connectivity index (χ0) is 28.3. The van der Waals surface area contributed by atoms with E-state index >= 15 is 0 Å². The van der Waals surface area contributed by atoms with Gasteiger partial charge in [-0.3, -0.25) is 14.2 Å². The van der Waals surface area contributed by atoms with Gasteiger partial charge in [-0.1, -0.05) is 36.7 Å². The van der Waals surface area contributed by atoms with E-state index in [-0.39, 0.29) is 11.4 Å². The Morgan fingerprint density at radius 2 is 1.79 bits per heavy atom. The Morgan fingerprint density at radius 3 is 2.44 bits per heavy atom. The number of carbonyl (C=O) groups is 2. The monoisotopic (exact) mass is 552 g/mol. The zero-order valence-corrected chi connectivity index (χ0v) is 22.0. The minimum atomic E-state index is -1.38. The summed E-state index contributed by atoms with van der Waals surface area (Å²) in [6.45, 7) is 2.76. The molecule has 4 aromatic rings. The van der Waals surface area contributed by atoms with Crippen molar-refractivity contribution >= 4 is 40.1 Å². The highest BCUT2D eigenvalue weighted by Crippen LogP contribution is 2.20. The Hall–Kier alpha value is -4.44. The Labute approximate surface area is 227 Å². The molecule has 9 nitrogen and oxygen atoms in total. The Bertz CT molecular complexity index is 1660. The third-order valence-electron chi connectivity index (χ3n) is 6.28. The quantitative estimate of drug-likeness (QED) is 0.291. The van der Waals surface area contributed by atoms with Gasteiger partial charge in [0, 0.05) is 25.7 Å². The number of hydrogen-bond donors (Lipinski definition) is 3. The highest BCUT2D eigenvalue weighted by atomic mass is 35.5. The fourth-order valence-electron chi connectivity index (χ4n) is 4.23. The van der Waals surface area contributed by atoms with Crippen molar-refractivity contribution in [1.82, 2.24) is 14.5 Å². The van der Waals surface area contributed by atoms with E-state index in [1.54, 1.807) is 31.3 Å². The number of carbonyl (C=O) groups excluding carboxylic acids is 1. The number of anilines is 1. The number of nitrogens with zero attached hydrogens (tertiary/aromatic N) is 2. The molecule has 3 aromatic carbocycles. The number of halogens is 2. The lowest BCUT2D eigenvalue weighted by atomic mass is 10.0. The molecule has 0 spiro atoms. The van der Waals surface area contributed by atoms with Gasteiger partial charge in [-0.25, -0.2) is 18.5 Å². The minimum absolute atomic E-state index is 0.134. The number of amides is 1. The molecule has 1 atom stereocenters. The molecule has 4 rings (SSSR count). The summed E-state index contributed by atoms with van der Waals surface area (Å²) in [5, 5.41) is 15.4. The third kappa shape index (κ3) is 5.70. The number of hydrogen-bond acceptors (Lipinski definition) is 5. The topological polar surface area (TPSA) is 122 Å². The summed E-state index contributed by atoms with van der Waals surface area (Å²) in [6, 6.07) is 13.7. The van der Waals surface area contributed by atoms with Crippen LogP contribution in [-0.4, -0.2) is 38.7 Å². The molecule has 0 saturated carbocycles. The Balaban J connectivity index is 1.62. The smallest absolute Gasteiger partial charge is 0.335 e. The van der Waals surface area contributed by atoms with Crippen LogP contribution in [0.5, 0.6) is 0 Å². The molecule has 0 radical (unpaired) electrons. The van der Waals surface area contributed by atoms with E-state index in [4.69, 9.17) is 11.6 Å².